The highest BCUT2D eigenvalue weighted by atomic mass is 32.2. The third kappa shape index (κ3) is 4.03. The molecular formula is C17H22N4O2S. The first-order chi connectivity index (χ1) is 11.4. The van der Waals surface area contributed by atoms with Gasteiger partial charge in [0.15, 0.2) is 9.84 Å². The highest BCUT2D eigenvalue weighted by molar-refractivity contribution is 7.91. The van der Waals surface area contributed by atoms with Gasteiger partial charge in [0.25, 0.3) is 0 Å². The predicted molar refractivity (Wildman–Crippen MR) is 96.0 cm³/mol. The summed E-state index contributed by atoms with van der Waals surface area (Å²) in [5, 5.41) is 3.31. The maximum Gasteiger partial charge on any atom is 0.227 e. The van der Waals surface area contributed by atoms with Crippen molar-refractivity contribution in [3.8, 4) is 0 Å². The summed E-state index contributed by atoms with van der Waals surface area (Å²) in [5.74, 6) is 1.72. The summed E-state index contributed by atoms with van der Waals surface area (Å²) in [6.07, 6.45) is 0.628. The van der Waals surface area contributed by atoms with Crippen LogP contribution < -0.4 is 10.2 Å². The van der Waals surface area contributed by atoms with Crippen LogP contribution in [0.4, 0.5) is 11.8 Å². The van der Waals surface area contributed by atoms with E-state index in [4.69, 9.17) is 0 Å². The lowest BCUT2D eigenvalue weighted by Gasteiger charge is -2.24. The Kier molecular flexibility index (Phi) is 4.71. The van der Waals surface area contributed by atoms with Crippen LogP contribution in [0, 0.1) is 6.92 Å². The van der Waals surface area contributed by atoms with Gasteiger partial charge in [-0.05, 0) is 18.9 Å². The molecule has 6 nitrogen and oxygen atoms in total. The average Bonchev–Trinajstić information content (AvgIpc) is 2.93. The summed E-state index contributed by atoms with van der Waals surface area (Å²) >= 11 is 0. The first-order valence-electron chi connectivity index (χ1n) is 8.00. The van der Waals surface area contributed by atoms with Crippen molar-refractivity contribution in [1.29, 1.82) is 0 Å². The van der Waals surface area contributed by atoms with E-state index in [0.29, 0.717) is 18.9 Å². The van der Waals surface area contributed by atoms with Gasteiger partial charge < -0.3 is 10.2 Å². The Morgan fingerprint density at radius 1 is 1.25 bits per heavy atom. The van der Waals surface area contributed by atoms with Gasteiger partial charge in [-0.15, -0.1) is 0 Å². The first-order valence-corrected chi connectivity index (χ1v) is 9.82. The number of nitrogens with one attached hydrogen (secondary N) is 1. The Morgan fingerprint density at radius 3 is 2.67 bits per heavy atom. The van der Waals surface area contributed by atoms with E-state index in [0.717, 1.165) is 11.5 Å². The van der Waals surface area contributed by atoms with Gasteiger partial charge in [0, 0.05) is 31.4 Å². The number of benzene rings is 1. The standard InChI is InChI=1S/C17H22N4O2S/c1-13-10-16(18-11-14-6-4-3-5-7-14)20-17(19-13)21(2)15-8-9-24(22,23)12-15/h3-7,10,15H,8-9,11-12H2,1-2H3,(H,18,19,20). The Balaban J connectivity index is 1.74. The van der Waals surface area contributed by atoms with Crippen molar-refractivity contribution in [3.63, 3.8) is 0 Å². The monoisotopic (exact) mass is 346 g/mol. The molecule has 1 unspecified atom stereocenters. The summed E-state index contributed by atoms with van der Waals surface area (Å²) in [6.45, 7) is 2.59. The van der Waals surface area contributed by atoms with Crippen molar-refractivity contribution >= 4 is 21.6 Å². The van der Waals surface area contributed by atoms with Gasteiger partial charge in [0.2, 0.25) is 5.95 Å². The van der Waals surface area contributed by atoms with Crippen LogP contribution in [0.5, 0.6) is 0 Å². The number of anilines is 2. The zero-order chi connectivity index (χ0) is 17.2. The third-order valence-corrected chi connectivity index (χ3v) is 5.98. The van der Waals surface area contributed by atoms with Crippen LogP contribution in [0.1, 0.15) is 17.7 Å². The normalized spacial score (nSPS) is 19.2. The molecular weight excluding hydrogens is 324 g/mol. The van der Waals surface area contributed by atoms with Crippen molar-refractivity contribution in [2.75, 3.05) is 28.8 Å². The van der Waals surface area contributed by atoms with Crippen LogP contribution in [0.2, 0.25) is 0 Å². The van der Waals surface area contributed by atoms with Crippen LogP contribution >= 0.6 is 0 Å². The molecule has 1 atom stereocenters. The molecule has 1 saturated heterocycles. The first kappa shape index (κ1) is 16.7. The van der Waals surface area contributed by atoms with E-state index < -0.39 is 9.84 Å². The molecule has 1 aromatic heterocycles. The molecule has 0 bridgehead atoms. The van der Waals surface area contributed by atoms with Crippen molar-refractivity contribution in [2.24, 2.45) is 0 Å². The van der Waals surface area contributed by atoms with Gasteiger partial charge >= 0.3 is 0 Å². The van der Waals surface area contributed by atoms with E-state index in [9.17, 15) is 8.42 Å². The second-order valence-electron chi connectivity index (χ2n) is 6.20. The second kappa shape index (κ2) is 6.76. The lowest BCUT2D eigenvalue weighted by molar-refractivity contribution is 0.600. The predicted octanol–water partition coefficient (Wildman–Crippen LogP) is 2.02. The molecule has 0 saturated carbocycles. The van der Waals surface area contributed by atoms with E-state index in [1.165, 1.54) is 5.56 Å². The molecule has 0 amide bonds. The molecule has 1 aliphatic rings. The molecule has 1 aliphatic heterocycles. The number of aromatic nitrogens is 2. The number of aryl methyl sites for hydroxylation is 1. The van der Waals surface area contributed by atoms with Crippen molar-refractivity contribution < 1.29 is 8.42 Å². The molecule has 1 N–H and O–H groups in total. The molecule has 7 heteroatoms. The van der Waals surface area contributed by atoms with Crippen LogP contribution in [-0.2, 0) is 16.4 Å². The minimum Gasteiger partial charge on any atom is -0.366 e. The zero-order valence-electron chi connectivity index (χ0n) is 13.9. The molecule has 2 aromatic rings. The summed E-state index contributed by atoms with van der Waals surface area (Å²) < 4.78 is 23.4. The molecule has 2 heterocycles. The van der Waals surface area contributed by atoms with Gasteiger partial charge in [-0.1, -0.05) is 30.3 Å². The average molecular weight is 346 g/mol. The van der Waals surface area contributed by atoms with E-state index in [2.05, 4.69) is 27.4 Å². The summed E-state index contributed by atoms with van der Waals surface area (Å²) in [5.41, 5.74) is 2.02. The Labute approximate surface area is 142 Å². The zero-order valence-corrected chi connectivity index (χ0v) is 14.8. The van der Waals surface area contributed by atoms with E-state index in [1.807, 2.05) is 43.1 Å². The molecule has 128 valence electrons. The molecule has 24 heavy (non-hydrogen) atoms. The van der Waals surface area contributed by atoms with Crippen LogP contribution in [0.25, 0.3) is 0 Å². The fourth-order valence-corrected chi connectivity index (χ4v) is 4.61. The lowest BCUT2D eigenvalue weighted by atomic mass is 10.2. The number of nitrogens with zero attached hydrogens (tertiary/aromatic N) is 3. The molecule has 0 radical (unpaired) electrons. The van der Waals surface area contributed by atoms with Gasteiger partial charge in [-0.25, -0.2) is 13.4 Å². The fourth-order valence-electron chi connectivity index (χ4n) is 2.83. The smallest absolute Gasteiger partial charge is 0.227 e. The molecule has 0 aliphatic carbocycles. The van der Waals surface area contributed by atoms with E-state index in [-0.39, 0.29) is 17.5 Å². The quantitative estimate of drug-likeness (QED) is 0.893. The topological polar surface area (TPSA) is 75.2 Å². The third-order valence-electron chi connectivity index (χ3n) is 4.23. The van der Waals surface area contributed by atoms with Gasteiger partial charge in [-0.3, -0.25) is 0 Å². The Hall–Kier alpha value is -2.15. The number of sulfone groups is 1. The highest BCUT2D eigenvalue weighted by Gasteiger charge is 2.31. The van der Waals surface area contributed by atoms with Crippen LogP contribution in [-0.4, -0.2) is 43.0 Å². The van der Waals surface area contributed by atoms with E-state index >= 15 is 0 Å². The highest BCUT2D eigenvalue weighted by Crippen LogP contribution is 2.22. The molecule has 3 rings (SSSR count). The minimum atomic E-state index is -2.93. The molecule has 0 spiro atoms. The van der Waals surface area contributed by atoms with Crippen molar-refractivity contribution in [2.45, 2.75) is 25.9 Å². The Bertz CT molecular complexity index is 809. The lowest BCUT2D eigenvalue weighted by Crippen LogP contribution is -2.34. The number of hydrogen-bond acceptors (Lipinski definition) is 6. The van der Waals surface area contributed by atoms with Gasteiger partial charge in [0.05, 0.1) is 11.5 Å². The van der Waals surface area contributed by atoms with Crippen LogP contribution in [0.3, 0.4) is 0 Å². The van der Waals surface area contributed by atoms with Gasteiger partial charge in [-0.2, -0.15) is 4.98 Å². The Morgan fingerprint density at radius 2 is 2.00 bits per heavy atom. The summed E-state index contributed by atoms with van der Waals surface area (Å²) in [7, 11) is -1.07. The second-order valence-corrected chi connectivity index (χ2v) is 8.43. The van der Waals surface area contributed by atoms with Crippen molar-refractivity contribution in [1.82, 2.24) is 9.97 Å². The maximum absolute atomic E-state index is 11.7. The van der Waals surface area contributed by atoms with E-state index in [1.54, 1.807) is 0 Å². The summed E-state index contributed by atoms with van der Waals surface area (Å²) in [6, 6.07) is 11.9. The summed E-state index contributed by atoms with van der Waals surface area (Å²) in [4.78, 5) is 10.9. The fraction of sp³-hybridized carbons (Fsp3) is 0.412. The minimum absolute atomic E-state index is 0.0567. The number of hydrogen-bond donors (Lipinski definition) is 1. The largest absolute Gasteiger partial charge is 0.366 e. The maximum atomic E-state index is 11.7. The molecule has 1 fully saturated rings. The number of rotatable bonds is 5. The van der Waals surface area contributed by atoms with Crippen LogP contribution in [0.15, 0.2) is 36.4 Å². The van der Waals surface area contributed by atoms with Crippen molar-refractivity contribution in [3.05, 3.63) is 47.7 Å². The van der Waals surface area contributed by atoms with Gasteiger partial charge in [0.1, 0.15) is 5.82 Å². The SMILES string of the molecule is Cc1cc(NCc2ccccc2)nc(N(C)C2CCS(=O)(=O)C2)n1. The molecule has 1 aromatic carbocycles.